The minimum Gasteiger partial charge on any atom is -0.320 e. The summed E-state index contributed by atoms with van der Waals surface area (Å²) in [5.41, 5.74) is -0.294. The summed E-state index contributed by atoms with van der Waals surface area (Å²) in [6.45, 7) is 4.37. The summed E-state index contributed by atoms with van der Waals surface area (Å²) < 4.78 is 14.8. The third kappa shape index (κ3) is 4.82. The van der Waals surface area contributed by atoms with Crippen molar-refractivity contribution < 1.29 is 14.1 Å². The first-order valence-corrected chi connectivity index (χ1v) is 10.1. The molecule has 0 saturated carbocycles. The van der Waals surface area contributed by atoms with Gasteiger partial charge in [-0.15, -0.1) is 0 Å². The fourth-order valence-corrected chi connectivity index (χ4v) is 3.67. The van der Waals surface area contributed by atoms with Crippen LogP contribution in [0.4, 0.5) is 15.8 Å². The first-order valence-electron chi connectivity index (χ1n) is 9.12. The van der Waals surface area contributed by atoms with E-state index in [9.17, 15) is 24.1 Å². The van der Waals surface area contributed by atoms with Crippen LogP contribution in [0.15, 0.2) is 52.4 Å². The van der Waals surface area contributed by atoms with Crippen molar-refractivity contribution in [3.63, 3.8) is 0 Å². The number of hydrogen-bond acceptors (Lipinski definition) is 6. The first kappa shape index (κ1) is 21.4. The highest BCUT2D eigenvalue weighted by Crippen LogP contribution is 2.26. The van der Waals surface area contributed by atoms with Crippen LogP contribution < -0.4 is 10.9 Å². The minimum atomic E-state index is -0.771. The van der Waals surface area contributed by atoms with Gasteiger partial charge in [-0.05, 0) is 30.2 Å². The van der Waals surface area contributed by atoms with E-state index >= 15 is 0 Å². The second-order valence-corrected chi connectivity index (χ2v) is 7.92. The lowest BCUT2D eigenvalue weighted by molar-refractivity contribution is -0.384. The highest BCUT2D eigenvalue weighted by Gasteiger charge is 2.18. The molecule has 8 nitrogen and oxygen atoms in total. The average molecular weight is 430 g/mol. The quantitative estimate of drug-likeness (QED) is 0.264. The number of amides is 1. The van der Waals surface area contributed by atoms with Crippen molar-refractivity contribution in [1.29, 1.82) is 0 Å². The van der Waals surface area contributed by atoms with Crippen LogP contribution in [0.2, 0.25) is 0 Å². The number of nitrogens with zero attached hydrogens (tertiary/aromatic N) is 3. The highest BCUT2D eigenvalue weighted by molar-refractivity contribution is 7.99. The van der Waals surface area contributed by atoms with Crippen LogP contribution in [0.5, 0.6) is 0 Å². The molecule has 0 unspecified atom stereocenters. The topological polar surface area (TPSA) is 107 Å². The van der Waals surface area contributed by atoms with Gasteiger partial charge in [0.1, 0.15) is 11.5 Å². The zero-order valence-electron chi connectivity index (χ0n) is 16.3. The summed E-state index contributed by atoms with van der Waals surface area (Å²) in [4.78, 5) is 40.1. The van der Waals surface area contributed by atoms with Crippen molar-refractivity contribution in [3.05, 3.63) is 68.7 Å². The van der Waals surface area contributed by atoms with Gasteiger partial charge in [0.2, 0.25) is 5.91 Å². The lowest BCUT2D eigenvalue weighted by Crippen LogP contribution is -2.26. The first-order chi connectivity index (χ1) is 14.3. The molecule has 0 saturated heterocycles. The Labute approximate surface area is 175 Å². The molecular weight excluding hydrogens is 411 g/mol. The van der Waals surface area contributed by atoms with Crippen molar-refractivity contribution in [3.8, 4) is 0 Å². The normalized spacial score (nSPS) is 11.1. The van der Waals surface area contributed by atoms with Gasteiger partial charge in [-0.1, -0.05) is 37.7 Å². The molecule has 0 radical (unpaired) electrons. The van der Waals surface area contributed by atoms with Gasteiger partial charge in [0.15, 0.2) is 5.16 Å². The van der Waals surface area contributed by atoms with E-state index in [0.717, 1.165) is 30.0 Å². The number of thioether (sulfide) groups is 1. The molecule has 0 atom stereocenters. The van der Waals surface area contributed by atoms with Crippen molar-refractivity contribution in [2.45, 2.75) is 25.5 Å². The molecule has 1 amide bonds. The standard InChI is InChI=1S/C20H19FN4O4S/c1-12(2)10-24-19(27)14-5-3-4-6-15(14)23-20(24)30-11-18(26)22-16-8-7-13(21)9-17(16)25(28)29/h3-9,12H,10-11H2,1-2H3,(H,22,26). The van der Waals surface area contributed by atoms with Gasteiger partial charge in [0, 0.05) is 6.54 Å². The maximum Gasteiger partial charge on any atom is 0.295 e. The second kappa shape index (κ2) is 9.04. The Hall–Kier alpha value is -3.27. The van der Waals surface area contributed by atoms with Crippen molar-refractivity contribution in [2.24, 2.45) is 5.92 Å². The zero-order chi connectivity index (χ0) is 21.8. The van der Waals surface area contributed by atoms with Crippen LogP contribution in [0, 0.1) is 21.8 Å². The van der Waals surface area contributed by atoms with Gasteiger partial charge in [-0.2, -0.15) is 0 Å². The number of halogens is 1. The number of nitrogens with one attached hydrogen (secondary N) is 1. The van der Waals surface area contributed by atoms with Crippen LogP contribution in [0.3, 0.4) is 0 Å². The molecule has 30 heavy (non-hydrogen) atoms. The van der Waals surface area contributed by atoms with E-state index in [0.29, 0.717) is 22.6 Å². The zero-order valence-corrected chi connectivity index (χ0v) is 17.1. The third-order valence-corrected chi connectivity index (χ3v) is 5.11. The molecule has 2 aromatic carbocycles. The average Bonchev–Trinajstić information content (AvgIpc) is 2.70. The van der Waals surface area contributed by atoms with Crippen LogP contribution in [-0.2, 0) is 11.3 Å². The predicted molar refractivity (Wildman–Crippen MR) is 113 cm³/mol. The largest absolute Gasteiger partial charge is 0.320 e. The summed E-state index contributed by atoms with van der Waals surface area (Å²) >= 11 is 1.06. The molecule has 1 N–H and O–H groups in total. The van der Waals surface area contributed by atoms with E-state index in [1.54, 1.807) is 24.3 Å². The second-order valence-electron chi connectivity index (χ2n) is 6.98. The molecule has 10 heteroatoms. The highest BCUT2D eigenvalue weighted by atomic mass is 32.2. The number of anilines is 1. The number of nitro benzene ring substituents is 1. The number of hydrogen-bond donors (Lipinski definition) is 1. The molecular formula is C20H19FN4O4S. The number of aromatic nitrogens is 2. The van der Waals surface area contributed by atoms with E-state index < -0.39 is 22.3 Å². The van der Waals surface area contributed by atoms with Crippen LogP contribution in [0.25, 0.3) is 10.9 Å². The molecule has 0 spiro atoms. The molecule has 0 bridgehead atoms. The number of rotatable bonds is 7. The maximum absolute atomic E-state index is 13.3. The molecule has 0 aliphatic heterocycles. The summed E-state index contributed by atoms with van der Waals surface area (Å²) in [6, 6.07) is 9.88. The summed E-state index contributed by atoms with van der Waals surface area (Å²) in [5.74, 6) is -1.25. The predicted octanol–water partition coefficient (Wildman–Crippen LogP) is 3.83. The Morgan fingerprint density at radius 2 is 2.03 bits per heavy atom. The fourth-order valence-electron chi connectivity index (χ4n) is 2.86. The van der Waals surface area contributed by atoms with E-state index in [4.69, 9.17) is 0 Å². The van der Waals surface area contributed by atoms with Gasteiger partial charge in [-0.3, -0.25) is 24.3 Å². The van der Waals surface area contributed by atoms with Gasteiger partial charge in [-0.25, -0.2) is 9.37 Å². The summed E-state index contributed by atoms with van der Waals surface area (Å²) in [5, 5.41) is 14.4. The molecule has 3 aromatic rings. The van der Waals surface area contributed by atoms with Crippen LogP contribution >= 0.6 is 11.8 Å². The fraction of sp³-hybridized carbons (Fsp3) is 0.250. The number of benzene rings is 2. The number of fused-ring (bicyclic) bond motifs is 1. The molecule has 3 rings (SSSR count). The molecule has 1 heterocycles. The number of nitro groups is 1. The van der Waals surface area contributed by atoms with E-state index in [1.165, 1.54) is 4.57 Å². The van der Waals surface area contributed by atoms with E-state index in [1.807, 2.05) is 13.8 Å². The molecule has 0 fully saturated rings. The lowest BCUT2D eigenvalue weighted by atomic mass is 10.2. The Balaban J connectivity index is 1.84. The Kier molecular flexibility index (Phi) is 6.46. The third-order valence-electron chi connectivity index (χ3n) is 4.14. The van der Waals surface area contributed by atoms with Crippen LogP contribution in [0.1, 0.15) is 13.8 Å². The summed E-state index contributed by atoms with van der Waals surface area (Å²) in [6.07, 6.45) is 0. The van der Waals surface area contributed by atoms with E-state index in [-0.39, 0.29) is 22.9 Å². The molecule has 0 aliphatic rings. The van der Waals surface area contributed by atoms with E-state index in [2.05, 4.69) is 10.3 Å². The van der Waals surface area contributed by atoms with Crippen molar-refractivity contribution in [1.82, 2.24) is 9.55 Å². The Morgan fingerprint density at radius 1 is 1.30 bits per heavy atom. The molecule has 0 aliphatic carbocycles. The van der Waals surface area contributed by atoms with Gasteiger partial charge < -0.3 is 5.32 Å². The Morgan fingerprint density at radius 3 is 2.73 bits per heavy atom. The van der Waals surface area contributed by atoms with Gasteiger partial charge >= 0.3 is 0 Å². The minimum absolute atomic E-state index is 0.0990. The summed E-state index contributed by atoms with van der Waals surface area (Å²) in [7, 11) is 0. The van der Waals surface area contributed by atoms with Gasteiger partial charge in [0.25, 0.3) is 11.2 Å². The van der Waals surface area contributed by atoms with Crippen LogP contribution in [-0.4, -0.2) is 26.1 Å². The monoisotopic (exact) mass is 430 g/mol. The van der Waals surface area contributed by atoms with Crippen molar-refractivity contribution in [2.75, 3.05) is 11.1 Å². The molecule has 156 valence electrons. The SMILES string of the molecule is CC(C)Cn1c(SCC(=O)Nc2ccc(F)cc2[N+](=O)[O-])nc2ccccc2c1=O. The number of carbonyl (C=O) groups is 1. The Bertz CT molecular complexity index is 1180. The van der Waals surface area contributed by atoms with Gasteiger partial charge in [0.05, 0.1) is 27.6 Å². The maximum atomic E-state index is 13.3. The molecule has 1 aromatic heterocycles. The lowest BCUT2D eigenvalue weighted by Gasteiger charge is -2.15. The smallest absolute Gasteiger partial charge is 0.295 e. The number of carbonyl (C=O) groups excluding carboxylic acids is 1. The van der Waals surface area contributed by atoms with Crippen molar-refractivity contribution >= 4 is 39.9 Å². The number of para-hydroxylation sites is 1.